The zero-order valence-electron chi connectivity index (χ0n) is 24.6. The molecule has 0 aliphatic carbocycles. The molecule has 0 bridgehead atoms. The van der Waals surface area contributed by atoms with Crippen LogP contribution < -0.4 is 0 Å². The van der Waals surface area contributed by atoms with Crippen molar-refractivity contribution in [3.8, 4) is 50.0 Å². The highest BCUT2D eigenvalue weighted by atomic mass is 32.1. The highest BCUT2D eigenvalue weighted by molar-refractivity contribution is 7.23. The monoisotopic (exact) mass is 607 g/mol. The van der Waals surface area contributed by atoms with Gasteiger partial charge in [0.05, 0.1) is 22.4 Å². The van der Waals surface area contributed by atoms with Crippen molar-refractivity contribution < 1.29 is 0 Å². The number of aromatic nitrogens is 5. The molecule has 0 N–H and O–H groups in total. The standard InChI is InChI=1S/C40H25N5S/c1-2-7-28(8-3-1)37-24-29-13-14-36-38(39(29)46-37)32-11-4-5-12-35(32)45(36)31-10-6-9-30(23-31)40-43-33(26-15-19-41-20-16-26)25-34(44-40)27-17-21-42-22-18-27/h1-25H. The number of para-hydroxylation sites is 1. The molecule has 0 atom stereocenters. The SMILES string of the molecule is c1ccc(-c2cc3ccc4c(c5ccccc5n4-c4cccc(-c5nc(-c6ccncc6)cc(-c6ccncc6)n5)c4)c3s2)cc1. The molecule has 0 saturated carbocycles. The fourth-order valence-corrected chi connectivity index (χ4v) is 7.49. The summed E-state index contributed by atoms with van der Waals surface area (Å²) in [6, 6.07) is 44.6. The van der Waals surface area contributed by atoms with Crippen LogP contribution in [0, 0.1) is 0 Å². The predicted molar refractivity (Wildman–Crippen MR) is 189 cm³/mol. The summed E-state index contributed by atoms with van der Waals surface area (Å²) in [5, 5.41) is 3.78. The molecule has 46 heavy (non-hydrogen) atoms. The first kappa shape index (κ1) is 26.4. The Labute approximate surface area is 269 Å². The minimum absolute atomic E-state index is 0.664. The average Bonchev–Trinajstić information content (AvgIpc) is 3.72. The van der Waals surface area contributed by atoms with Crippen molar-refractivity contribution in [3.63, 3.8) is 0 Å². The predicted octanol–water partition coefficient (Wildman–Crippen LogP) is 10.2. The van der Waals surface area contributed by atoms with Gasteiger partial charge in [-0.25, -0.2) is 9.97 Å². The summed E-state index contributed by atoms with van der Waals surface area (Å²) in [4.78, 5) is 19.8. The first-order valence-corrected chi connectivity index (χ1v) is 15.9. The molecule has 0 radical (unpaired) electrons. The zero-order chi connectivity index (χ0) is 30.5. The minimum Gasteiger partial charge on any atom is -0.309 e. The summed E-state index contributed by atoms with van der Waals surface area (Å²) in [5.41, 5.74) is 9.26. The largest absolute Gasteiger partial charge is 0.309 e. The average molecular weight is 608 g/mol. The van der Waals surface area contributed by atoms with Crippen molar-refractivity contribution in [2.75, 3.05) is 0 Å². The molecule has 0 spiro atoms. The Hall–Kier alpha value is -5.98. The summed E-state index contributed by atoms with van der Waals surface area (Å²) in [6.45, 7) is 0. The minimum atomic E-state index is 0.664. The number of benzene rings is 4. The Morgan fingerprint density at radius 2 is 1.17 bits per heavy atom. The Morgan fingerprint density at radius 3 is 1.91 bits per heavy atom. The second-order valence-corrected chi connectivity index (χ2v) is 12.2. The van der Waals surface area contributed by atoms with Crippen LogP contribution in [-0.2, 0) is 0 Å². The third-order valence-corrected chi connectivity index (χ3v) is 9.64. The molecule has 5 nitrogen and oxygen atoms in total. The first-order valence-electron chi connectivity index (χ1n) is 15.1. The number of hydrogen-bond donors (Lipinski definition) is 0. The molecule has 9 aromatic rings. The van der Waals surface area contributed by atoms with E-state index < -0.39 is 0 Å². The summed E-state index contributed by atoms with van der Waals surface area (Å²) < 4.78 is 3.67. The molecule has 0 aliphatic heterocycles. The zero-order valence-corrected chi connectivity index (χ0v) is 25.4. The molecule has 5 heterocycles. The van der Waals surface area contributed by atoms with Gasteiger partial charge in [-0.15, -0.1) is 11.3 Å². The quantitative estimate of drug-likeness (QED) is 0.195. The van der Waals surface area contributed by atoms with E-state index in [-0.39, 0.29) is 0 Å². The maximum Gasteiger partial charge on any atom is 0.160 e. The second-order valence-electron chi connectivity index (χ2n) is 11.2. The van der Waals surface area contributed by atoms with Crippen LogP contribution in [0.15, 0.2) is 152 Å². The van der Waals surface area contributed by atoms with Crippen molar-refractivity contribution in [1.29, 1.82) is 0 Å². The number of fused-ring (bicyclic) bond motifs is 5. The topological polar surface area (TPSA) is 56.5 Å². The van der Waals surface area contributed by atoms with Gasteiger partial charge >= 0.3 is 0 Å². The maximum absolute atomic E-state index is 5.06. The first-order chi connectivity index (χ1) is 22.8. The van der Waals surface area contributed by atoms with Crippen molar-refractivity contribution >= 4 is 43.2 Å². The van der Waals surface area contributed by atoms with Crippen LogP contribution >= 0.6 is 11.3 Å². The number of nitrogens with zero attached hydrogens (tertiary/aromatic N) is 5. The van der Waals surface area contributed by atoms with E-state index in [1.165, 1.54) is 42.3 Å². The van der Waals surface area contributed by atoms with E-state index >= 15 is 0 Å². The van der Waals surface area contributed by atoms with E-state index in [9.17, 15) is 0 Å². The molecular weight excluding hydrogens is 583 g/mol. The highest BCUT2D eigenvalue weighted by Crippen LogP contribution is 2.43. The Kier molecular flexibility index (Phi) is 6.25. The van der Waals surface area contributed by atoms with Gasteiger partial charge in [0.2, 0.25) is 0 Å². The normalized spacial score (nSPS) is 11.5. The van der Waals surface area contributed by atoms with E-state index in [0.29, 0.717) is 5.82 Å². The Balaban J connectivity index is 1.24. The van der Waals surface area contributed by atoms with Gasteiger partial charge in [0.15, 0.2) is 5.82 Å². The Bertz CT molecular complexity index is 2460. The van der Waals surface area contributed by atoms with Gasteiger partial charge in [0.25, 0.3) is 0 Å². The van der Waals surface area contributed by atoms with Gasteiger partial charge in [-0.3, -0.25) is 9.97 Å². The van der Waals surface area contributed by atoms with Gasteiger partial charge in [0.1, 0.15) is 0 Å². The molecule has 0 unspecified atom stereocenters. The summed E-state index contributed by atoms with van der Waals surface area (Å²) >= 11 is 1.86. The van der Waals surface area contributed by atoms with E-state index in [4.69, 9.17) is 9.97 Å². The van der Waals surface area contributed by atoms with Crippen LogP contribution in [0.4, 0.5) is 0 Å². The fourth-order valence-electron chi connectivity index (χ4n) is 6.27. The van der Waals surface area contributed by atoms with Crippen LogP contribution in [0.1, 0.15) is 0 Å². The molecule has 216 valence electrons. The number of rotatable bonds is 5. The lowest BCUT2D eigenvalue weighted by molar-refractivity contribution is 1.15. The van der Waals surface area contributed by atoms with E-state index in [2.05, 4.69) is 112 Å². The lowest BCUT2D eigenvalue weighted by atomic mass is 10.1. The van der Waals surface area contributed by atoms with Crippen molar-refractivity contribution in [2.45, 2.75) is 0 Å². The summed E-state index contributed by atoms with van der Waals surface area (Å²) in [5.74, 6) is 0.664. The van der Waals surface area contributed by atoms with Crippen molar-refractivity contribution in [3.05, 3.63) is 152 Å². The van der Waals surface area contributed by atoms with Crippen LogP contribution in [0.25, 0.3) is 81.9 Å². The van der Waals surface area contributed by atoms with Gasteiger partial charge in [-0.05, 0) is 71.6 Å². The number of pyridine rings is 2. The number of thiophene rings is 1. The molecule has 0 fully saturated rings. The van der Waals surface area contributed by atoms with E-state index in [1.54, 1.807) is 24.8 Å². The number of hydrogen-bond acceptors (Lipinski definition) is 5. The lowest BCUT2D eigenvalue weighted by Gasteiger charge is -2.12. The summed E-state index contributed by atoms with van der Waals surface area (Å²) in [7, 11) is 0. The van der Waals surface area contributed by atoms with Gasteiger partial charge in [-0.1, -0.05) is 66.7 Å². The van der Waals surface area contributed by atoms with Gasteiger partial charge in [0, 0.05) is 67.5 Å². The molecule has 5 aromatic heterocycles. The smallest absolute Gasteiger partial charge is 0.160 e. The molecule has 4 aromatic carbocycles. The lowest BCUT2D eigenvalue weighted by Crippen LogP contribution is -1.98. The molecule has 0 aliphatic rings. The van der Waals surface area contributed by atoms with E-state index in [0.717, 1.165) is 33.8 Å². The molecule has 0 saturated heterocycles. The Morgan fingerprint density at radius 1 is 0.500 bits per heavy atom. The van der Waals surface area contributed by atoms with Gasteiger partial charge < -0.3 is 4.57 Å². The van der Waals surface area contributed by atoms with E-state index in [1.807, 2.05) is 41.7 Å². The van der Waals surface area contributed by atoms with Crippen LogP contribution in [-0.4, -0.2) is 24.5 Å². The highest BCUT2D eigenvalue weighted by Gasteiger charge is 2.18. The maximum atomic E-state index is 5.06. The van der Waals surface area contributed by atoms with Crippen LogP contribution in [0.2, 0.25) is 0 Å². The van der Waals surface area contributed by atoms with Crippen LogP contribution in [0.3, 0.4) is 0 Å². The van der Waals surface area contributed by atoms with Crippen LogP contribution in [0.5, 0.6) is 0 Å². The molecule has 0 amide bonds. The van der Waals surface area contributed by atoms with Gasteiger partial charge in [-0.2, -0.15) is 0 Å². The summed E-state index contributed by atoms with van der Waals surface area (Å²) in [6.07, 6.45) is 7.16. The molecule has 9 rings (SSSR count). The van der Waals surface area contributed by atoms with Crippen molar-refractivity contribution in [1.82, 2.24) is 24.5 Å². The third kappa shape index (κ3) is 4.47. The fraction of sp³-hybridized carbons (Fsp3) is 0. The van der Waals surface area contributed by atoms with Crippen molar-refractivity contribution in [2.24, 2.45) is 0 Å². The third-order valence-electron chi connectivity index (χ3n) is 8.42. The second kappa shape index (κ2) is 10.9. The molecular formula is C40H25N5S. The molecule has 6 heteroatoms.